The molecule has 7 nitrogen and oxygen atoms in total. The van der Waals surface area contributed by atoms with Crippen molar-refractivity contribution in [2.24, 2.45) is 5.92 Å². The van der Waals surface area contributed by atoms with Gasteiger partial charge in [-0.25, -0.2) is 4.98 Å². The van der Waals surface area contributed by atoms with Gasteiger partial charge in [0.25, 0.3) is 0 Å². The van der Waals surface area contributed by atoms with E-state index in [2.05, 4.69) is 9.88 Å². The minimum absolute atomic E-state index is 0. The molecule has 4 rings (SSSR count). The maximum Gasteiger partial charge on any atom is 0.227 e. The van der Waals surface area contributed by atoms with Gasteiger partial charge in [0.2, 0.25) is 5.95 Å². The number of nitrogen functional groups attached to an aromatic ring is 1. The van der Waals surface area contributed by atoms with Gasteiger partial charge in [-0.05, 0) is 44.1 Å². The summed E-state index contributed by atoms with van der Waals surface area (Å²) in [5, 5.41) is 11.5. The van der Waals surface area contributed by atoms with Crippen molar-refractivity contribution < 1.29 is 14.6 Å². The number of benzene rings is 1. The fourth-order valence-corrected chi connectivity index (χ4v) is 4.72. The van der Waals surface area contributed by atoms with E-state index in [1.54, 1.807) is 14.2 Å². The molecule has 0 unspecified atom stereocenters. The van der Waals surface area contributed by atoms with Crippen LogP contribution in [0.2, 0.25) is 0 Å². The Morgan fingerprint density at radius 1 is 1.10 bits per heavy atom. The zero-order chi connectivity index (χ0) is 19.7. The summed E-state index contributed by atoms with van der Waals surface area (Å²) >= 11 is 0. The van der Waals surface area contributed by atoms with Gasteiger partial charge >= 0.3 is 0 Å². The molecule has 2 fully saturated rings. The van der Waals surface area contributed by atoms with Gasteiger partial charge in [-0.15, -0.1) is 12.4 Å². The van der Waals surface area contributed by atoms with Gasteiger partial charge in [-0.2, -0.15) is 4.98 Å². The molecule has 3 N–H and O–H groups in total. The predicted octanol–water partition coefficient (Wildman–Crippen LogP) is 3.56. The summed E-state index contributed by atoms with van der Waals surface area (Å²) in [7, 11) is 3.21. The average molecular weight is 423 g/mol. The number of methoxy groups -OCH3 is 2. The van der Waals surface area contributed by atoms with Crippen LogP contribution < -0.4 is 20.1 Å². The van der Waals surface area contributed by atoms with Crippen LogP contribution in [0.3, 0.4) is 0 Å². The zero-order valence-electron chi connectivity index (χ0n) is 17.2. The van der Waals surface area contributed by atoms with Crippen molar-refractivity contribution in [3.63, 3.8) is 0 Å². The number of aliphatic hydroxyl groups is 1. The standard InChI is InChI=1S/C21H30N4O3.ClH/c1-27-17-11-15-16(12-18(17)28-2)23-20(24-19(15)22)25-9-5-14(6-10-25)13-21(26)7-3-4-8-21;/h11-12,14,26H,3-10,13H2,1-2H3,(H2,22,23,24);1H. The molecule has 2 aliphatic rings. The molecule has 0 radical (unpaired) electrons. The smallest absolute Gasteiger partial charge is 0.227 e. The molecule has 1 aliphatic carbocycles. The van der Waals surface area contributed by atoms with Crippen LogP contribution in [0.5, 0.6) is 11.5 Å². The van der Waals surface area contributed by atoms with Crippen molar-refractivity contribution in [1.82, 2.24) is 9.97 Å². The molecule has 1 saturated carbocycles. The molecule has 0 atom stereocenters. The van der Waals surface area contributed by atoms with E-state index in [9.17, 15) is 5.11 Å². The number of aromatic nitrogens is 2. The lowest BCUT2D eigenvalue weighted by atomic mass is 9.83. The van der Waals surface area contributed by atoms with Crippen LogP contribution in [-0.4, -0.2) is 48.0 Å². The maximum absolute atomic E-state index is 10.7. The monoisotopic (exact) mass is 422 g/mol. The lowest BCUT2D eigenvalue weighted by Crippen LogP contribution is -2.38. The number of fused-ring (bicyclic) bond motifs is 1. The Bertz CT molecular complexity index is 849. The summed E-state index contributed by atoms with van der Waals surface area (Å²) in [6.07, 6.45) is 7.27. The summed E-state index contributed by atoms with van der Waals surface area (Å²) < 4.78 is 10.7. The molecule has 1 aromatic carbocycles. The largest absolute Gasteiger partial charge is 0.493 e. The first-order valence-electron chi connectivity index (χ1n) is 10.2. The minimum atomic E-state index is -0.424. The quantitative estimate of drug-likeness (QED) is 0.760. The van der Waals surface area contributed by atoms with Gasteiger partial charge < -0.3 is 25.2 Å². The fraction of sp³-hybridized carbons (Fsp3) is 0.619. The van der Waals surface area contributed by atoms with Gasteiger partial charge in [0.1, 0.15) is 5.82 Å². The van der Waals surface area contributed by atoms with E-state index in [4.69, 9.17) is 20.2 Å². The average Bonchev–Trinajstić information content (AvgIpc) is 3.13. The highest BCUT2D eigenvalue weighted by Crippen LogP contribution is 2.38. The fourth-order valence-electron chi connectivity index (χ4n) is 4.72. The van der Waals surface area contributed by atoms with Crippen LogP contribution in [0.1, 0.15) is 44.9 Å². The molecule has 2 heterocycles. The van der Waals surface area contributed by atoms with Gasteiger partial charge in [-0.3, -0.25) is 0 Å². The predicted molar refractivity (Wildman–Crippen MR) is 117 cm³/mol. The van der Waals surface area contributed by atoms with Crippen LogP contribution in [0.25, 0.3) is 10.9 Å². The van der Waals surface area contributed by atoms with Gasteiger partial charge in [-0.1, -0.05) is 12.8 Å². The first kappa shape index (κ1) is 21.7. The third kappa shape index (κ3) is 4.46. The number of hydrogen-bond donors (Lipinski definition) is 2. The second-order valence-electron chi connectivity index (χ2n) is 8.20. The summed E-state index contributed by atoms with van der Waals surface area (Å²) in [5.74, 6) is 2.92. The molecular formula is C21H31ClN4O3. The molecule has 29 heavy (non-hydrogen) atoms. The number of halogens is 1. The number of anilines is 2. The second-order valence-corrected chi connectivity index (χ2v) is 8.20. The number of nitrogens with zero attached hydrogens (tertiary/aromatic N) is 3. The Morgan fingerprint density at radius 3 is 2.34 bits per heavy atom. The third-order valence-electron chi connectivity index (χ3n) is 6.32. The number of hydrogen-bond acceptors (Lipinski definition) is 7. The number of piperidine rings is 1. The van der Waals surface area contributed by atoms with E-state index < -0.39 is 5.60 Å². The van der Waals surface area contributed by atoms with Crippen molar-refractivity contribution >= 4 is 35.1 Å². The second kappa shape index (κ2) is 8.79. The summed E-state index contributed by atoms with van der Waals surface area (Å²) in [5.41, 5.74) is 6.55. The molecule has 0 bridgehead atoms. The Kier molecular flexibility index (Phi) is 6.58. The Morgan fingerprint density at radius 2 is 1.72 bits per heavy atom. The topological polar surface area (TPSA) is 93.7 Å². The maximum atomic E-state index is 10.7. The lowest BCUT2D eigenvalue weighted by molar-refractivity contribution is 0.0185. The van der Waals surface area contributed by atoms with E-state index in [1.807, 2.05) is 12.1 Å². The highest BCUT2D eigenvalue weighted by atomic mass is 35.5. The molecule has 1 aliphatic heterocycles. The summed E-state index contributed by atoms with van der Waals surface area (Å²) in [6.45, 7) is 1.78. The van der Waals surface area contributed by atoms with Crippen molar-refractivity contribution in [2.75, 3.05) is 37.9 Å². The molecule has 1 saturated heterocycles. The summed E-state index contributed by atoms with van der Waals surface area (Å²) in [4.78, 5) is 11.5. The van der Waals surface area contributed by atoms with Gasteiger partial charge in [0, 0.05) is 24.5 Å². The first-order chi connectivity index (χ1) is 13.5. The Hall–Kier alpha value is -1.99. The molecule has 0 spiro atoms. The first-order valence-corrected chi connectivity index (χ1v) is 10.2. The molecule has 0 amide bonds. The van der Waals surface area contributed by atoms with E-state index in [0.717, 1.165) is 68.9 Å². The molecular weight excluding hydrogens is 392 g/mol. The van der Waals surface area contributed by atoms with Crippen molar-refractivity contribution in [3.05, 3.63) is 12.1 Å². The lowest BCUT2D eigenvalue weighted by Gasteiger charge is -2.35. The highest BCUT2D eigenvalue weighted by Gasteiger charge is 2.35. The Labute approximate surface area is 178 Å². The van der Waals surface area contributed by atoms with E-state index >= 15 is 0 Å². The van der Waals surface area contributed by atoms with Crippen LogP contribution in [0.4, 0.5) is 11.8 Å². The third-order valence-corrected chi connectivity index (χ3v) is 6.32. The Balaban J connectivity index is 0.00000240. The van der Waals surface area contributed by atoms with Crippen molar-refractivity contribution in [3.8, 4) is 11.5 Å². The van der Waals surface area contributed by atoms with Crippen LogP contribution in [0.15, 0.2) is 12.1 Å². The van der Waals surface area contributed by atoms with Gasteiger partial charge in [0.05, 0.1) is 25.3 Å². The SMILES string of the molecule is COc1cc2nc(N3CCC(CC4(O)CCCC4)CC3)nc(N)c2cc1OC.Cl. The van der Waals surface area contributed by atoms with Crippen LogP contribution in [-0.2, 0) is 0 Å². The minimum Gasteiger partial charge on any atom is -0.493 e. The summed E-state index contributed by atoms with van der Waals surface area (Å²) in [6, 6.07) is 3.67. The molecule has 8 heteroatoms. The molecule has 2 aromatic rings. The van der Waals surface area contributed by atoms with Crippen LogP contribution in [0, 0.1) is 5.92 Å². The number of rotatable bonds is 5. The molecule has 160 valence electrons. The number of ether oxygens (including phenoxy) is 2. The van der Waals surface area contributed by atoms with E-state index in [0.29, 0.717) is 29.2 Å². The van der Waals surface area contributed by atoms with Crippen molar-refractivity contribution in [2.45, 2.75) is 50.5 Å². The van der Waals surface area contributed by atoms with E-state index in [1.165, 1.54) is 0 Å². The highest BCUT2D eigenvalue weighted by molar-refractivity contribution is 5.91. The zero-order valence-corrected chi connectivity index (χ0v) is 18.0. The van der Waals surface area contributed by atoms with E-state index in [-0.39, 0.29) is 12.4 Å². The van der Waals surface area contributed by atoms with Crippen molar-refractivity contribution in [1.29, 1.82) is 0 Å². The normalized spacial score (nSPS) is 19.2. The number of nitrogens with two attached hydrogens (primary N) is 1. The molecule has 1 aromatic heterocycles. The van der Waals surface area contributed by atoms with Gasteiger partial charge in [0.15, 0.2) is 11.5 Å². The van der Waals surface area contributed by atoms with Crippen LogP contribution >= 0.6 is 12.4 Å².